The van der Waals surface area contributed by atoms with Gasteiger partial charge in [0.1, 0.15) is 5.82 Å². The average molecular weight is 342 g/mol. The van der Waals surface area contributed by atoms with Crippen LogP contribution in [0.2, 0.25) is 0 Å². The minimum Gasteiger partial charge on any atom is -0.312 e. The lowest BCUT2D eigenvalue weighted by molar-refractivity contribution is 0.550. The van der Waals surface area contributed by atoms with Crippen LogP contribution in [0.3, 0.4) is 0 Å². The lowest BCUT2D eigenvalue weighted by atomic mass is 10.1. The van der Waals surface area contributed by atoms with Crippen molar-refractivity contribution >= 4 is 27.3 Å². The van der Waals surface area contributed by atoms with E-state index in [2.05, 4.69) is 40.3 Å². The van der Waals surface area contributed by atoms with E-state index in [1.165, 1.54) is 21.9 Å². The Morgan fingerprint density at radius 2 is 2.11 bits per heavy atom. The maximum atomic E-state index is 13.1. The molecule has 19 heavy (non-hydrogen) atoms. The lowest BCUT2D eigenvalue weighted by Crippen LogP contribution is -2.14. The normalized spacial score (nSPS) is 12.6. The maximum absolute atomic E-state index is 13.1. The van der Waals surface area contributed by atoms with Crippen molar-refractivity contribution in [2.24, 2.45) is 0 Å². The van der Waals surface area contributed by atoms with Gasteiger partial charge in [-0.1, -0.05) is 29.3 Å². The molecule has 0 spiro atoms. The molecule has 0 saturated heterocycles. The topological polar surface area (TPSA) is 12.0 Å². The van der Waals surface area contributed by atoms with Gasteiger partial charge in [0, 0.05) is 25.8 Å². The van der Waals surface area contributed by atoms with Gasteiger partial charge in [0.25, 0.3) is 0 Å². The molecule has 0 fully saturated rings. The second kappa shape index (κ2) is 6.64. The predicted molar refractivity (Wildman–Crippen MR) is 84.1 cm³/mol. The molecule has 0 aliphatic carbocycles. The Hall–Kier alpha value is -0.710. The summed E-state index contributed by atoms with van der Waals surface area (Å²) in [6.45, 7) is 2.19. The standard InChI is InChI=1S/C15H17BrFNS/c1-3-4-13(18-2)15-8-7-14(19-15)11-6-5-10(17)9-12(11)16/h5-9,13,18H,3-4H2,1-2H3. The Bertz CT molecular complexity index is 553. The van der Waals surface area contributed by atoms with E-state index in [1.807, 2.05) is 13.1 Å². The fraction of sp³-hybridized carbons (Fsp3) is 0.333. The van der Waals surface area contributed by atoms with Crippen molar-refractivity contribution in [2.75, 3.05) is 7.05 Å². The quantitative estimate of drug-likeness (QED) is 0.769. The first-order valence-corrected chi connectivity index (χ1v) is 7.99. The molecule has 1 heterocycles. The summed E-state index contributed by atoms with van der Waals surface area (Å²) in [4.78, 5) is 2.49. The fourth-order valence-electron chi connectivity index (χ4n) is 2.09. The Kier molecular flexibility index (Phi) is 5.13. The smallest absolute Gasteiger partial charge is 0.124 e. The van der Waals surface area contributed by atoms with Crippen LogP contribution < -0.4 is 5.32 Å². The fourth-order valence-corrected chi connectivity index (χ4v) is 3.98. The summed E-state index contributed by atoms with van der Waals surface area (Å²) in [7, 11) is 1.99. The van der Waals surface area contributed by atoms with Gasteiger partial charge in [-0.15, -0.1) is 11.3 Å². The van der Waals surface area contributed by atoms with Crippen LogP contribution in [0.25, 0.3) is 10.4 Å². The van der Waals surface area contributed by atoms with Crippen molar-refractivity contribution in [3.8, 4) is 10.4 Å². The first kappa shape index (κ1) is 14.7. The zero-order valence-electron chi connectivity index (χ0n) is 11.0. The molecule has 0 aliphatic rings. The molecule has 102 valence electrons. The summed E-state index contributed by atoms with van der Waals surface area (Å²) in [5, 5.41) is 3.35. The molecule has 1 aromatic carbocycles. The molecule has 1 unspecified atom stereocenters. The van der Waals surface area contributed by atoms with E-state index >= 15 is 0 Å². The highest BCUT2D eigenvalue weighted by atomic mass is 79.9. The molecule has 0 aliphatic heterocycles. The van der Waals surface area contributed by atoms with E-state index in [1.54, 1.807) is 11.3 Å². The summed E-state index contributed by atoms with van der Waals surface area (Å²) in [5.74, 6) is -0.216. The minimum atomic E-state index is -0.216. The van der Waals surface area contributed by atoms with Gasteiger partial charge in [0.15, 0.2) is 0 Å². The molecule has 2 rings (SSSR count). The number of nitrogens with one attached hydrogen (secondary N) is 1. The molecule has 2 aromatic rings. The number of rotatable bonds is 5. The molecule has 4 heteroatoms. The van der Waals surface area contributed by atoms with Crippen LogP contribution in [0, 0.1) is 5.82 Å². The third-order valence-corrected chi connectivity index (χ3v) is 4.98. The van der Waals surface area contributed by atoms with Crippen LogP contribution in [0.15, 0.2) is 34.8 Å². The minimum absolute atomic E-state index is 0.216. The molecule has 0 saturated carbocycles. The summed E-state index contributed by atoms with van der Waals surface area (Å²) in [6, 6.07) is 9.51. The van der Waals surface area contributed by atoms with Crippen LogP contribution >= 0.6 is 27.3 Å². The number of benzene rings is 1. The van der Waals surface area contributed by atoms with Crippen LogP contribution in [0.5, 0.6) is 0 Å². The molecule has 0 bridgehead atoms. The van der Waals surface area contributed by atoms with E-state index in [0.29, 0.717) is 6.04 Å². The highest BCUT2D eigenvalue weighted by Gasteiger charge is 2.13. The van der Waals surface area contributed by atoms with Crippen LogP contribution in [0.4, 0.5) is 4.39 Å². The van der Waals surface area contributed by atoms with Gasteiger partial charge >= 0.3 is 0 Å². The highest BCUT2D eigenvalue weighted by molar-refractivity contribution is 9.10. The Morgan fingerprint density at radius 1 is 1.32 bits per heavy atom. The largest absolute Gasteiger partial charge is 0.312 e. The van der Waals surface area contributed by atoms with Gasteiger partial charge in [-0.25, -0.2) is 4.39 Å². The molecular weight excluding hydrogens is 325 g/mol. The number of halogens is 2. The van der Waals surface area contributed by atoms with E-state index < -0.39 is 0 Å². The zero-order chi connectivity index (χ0) is 13.8. The molecule has 1 N–H and O–H groups in total. The van der Waals surface area contributed by atoms with Crippen molar-refractivity contribution in [3.63, 3.8) is 0 Å². The van der Waals surface area contributed by atoms with Crippen molar-refractivity contribution < 1.29 is 4.39 Å². The first-order valence-electron chi connectivity index (χ1n) is 6.38. The van der Waals surface area contributed by atoms with Crippen LogP contribution in [0.1, 0.15) is 30.7 Å². The second-order valence-corrected chi connectivity index (χ2v) is 6.43. The van der Waals surface area contributed by atoms with Gasteiger partial charge < -0.3 is 5.32 Å². The van der Waals surface area contributed by atoms with E-state index in [-0.39, 0.29) is 5.82 Å². The van der Waals surface area contributed by atoms with Gasteiger partial charge in [-0.05, 0) is 43.8 Å². The third kappa shape index (κ3) is 3.44. The molecule has 1 nitrogen and oxygen atoms in total. The summed E-state index contributed by atoms with van der Waals surface area (Å²) in [5.41, 5.74) is 1.05. The molecule has 0 amide bonds. The van der Waals surface area contributed by atoms with Crippen molar-refractivity contribution in [1.29, 1.82) is 0 Å². The lowest BCUT2D eigenvalue weighted by Gasteiger charge is -2.12. The van der Waals surface area contributed by atoms with Crippen molar-refractivity contribution in [1.82, 2.24) is 5.32 Å². The number of hydrogen-bond acceptors (Lipinski definition) is 2. The summed E-state index contributed by atoms with van der Waals surface area (Å²) in [6.07, 6.45) is 2.28. The van der Waals surface area contributed by atoms with Gasteiger partial charge in [0.2, 0.25) is 0 Å². The molecular formula is C15H17BrFNS. The summed E-state index contributed by atoms with van der Waals surface area (Å²) >= 11 is 5.19. The third-order valence-electron chi connectivity index (χ3n) is 3.09. The molecule has 1 atom stereocenters. The average Bonchev–Trinajstić information content (AvgIpc) is 2.85. The predicted octanol–water partition coefficient (Wildman–Crippen LogP) is 5.38. The molecule has 1 aromatic heterocycles. The second-order valence-electron chi connectivity index (χ2n) is 4.46. The van der Waals surface area contributed by atoms with E-state index in [4.69, 9.17) is 0 Å². The first-order chi connectivity index (χ1) is 9.15. The summed E-state index contributed by atoms with van der Waals surface area (Å²) < 4.78 is 13.9. The SMILES string of the molecule is CCCC(NC)c1ccc(-c2ccc(F)cc2Br)s1. The van der Waals surface area contributed by atoms with E-state index in [0.717, 1.165) is 22.9 Å². The Labute approximate surface area is 126 Å². The Balaban J connectivity index is 2.29. The monoisotopic (exact) mass is 341 g/mol. The maximum Gasteiger partial charge on any atom is 0.124 e. The highest BCUT2D eigenvalue weighted by Crippen LogP contribution is 2.36. The van der Waals surface area contributed by atoms with Crippen molar-refractivity contribution in [3.05, 3.63) is 45.5 Å². The van der Waals surface area contributed by atoms with Gasteiger partial charge in [-0.3, -0.25) is 0 Å². The number of thiophene rings is 1. The molecule has 0 radical (unpaired) electrons. The van der Waals surface area contributed by atoms with E-state index in [9.17, 15) is 4.39 Å². The van der Waals surface area contributed by atoms with Gasteiger partial charge in [0.05, 0.1) is 0 Å². The zero-order valence-corrected chi connectivity index (χ0v) is 13.4. The van der Waals surface area contributed by atoms with Crippen molar-refractivity contribution in [2.45, 2.75) is 25.8 Å². The Morgan fingerprint density at radius 3 is 2.74 bits per heavy atom. The van der Waals surface area contributed by atoms with Gasteiger partial charge in [-0.2, -0.15) is 0 Å². The van der Waals surface area contributed by atoms with Crippen LogP contribution in [-0.2, 0) is 0 Å². The van der Waals surface area contributed by atoms with Crippen LogP contribution in [-0.4, -0.2) is 7.05 Å². The number of hydrogen-bond donors (Lipinski definition) is 1.